The van der Waals surface area contributed by atoms with Gasteiger partial charge in [0.2, 0.25) is 5.91 Å². The summed E-state index contributed by atoms with van der Waals surface area (Å²) in [4.78, 5) is 15.2. The van der Waals surface area contributed by atoms with Crippen molar-refractivity contribution < 1.29 is 4.79 Å². The summed E-state index contributed by atoms with van der Waals surface area (Å²) in [5.41, 5.74) is 2.83. The van der Waals surface area contributed by atoms with E-state index in [1.54, 1.807) is 23.9 Å². The summed E-state index contributed by atoms with van der Waals surface area (Å²) in [6.45, 7) is 2.71. The van der Waals surface area contributed by atoms with Crippen LogP contribution in [0.2, 0.25) is 0 Å². The van der Waals surface area contributed by atoms with E-state index in [-0.39, 0.29) is 11.9 Å². The molecular weight excluding hydrogens is 198 g/mol. The van der Waals surface area contributed by atoms with Gasteiger partial charge in [0.15, 0.2) is 0 Å². The molecule has 0 saturated heterocycles. The van der Waals surface area contributed by atoms with Gasteiger partial charge < -0.3 is 10.6 Å². The Kier molecular flexibility index (Phi) is 4.55. The van der Waals surface area contributed by atoms with E-state index >= 15 is 0 Å². The van der Waals surface area contributed by atoms with Crippen LogP contribution in [0, 0.1) is 0 Å². The fourth-order valence-electron chi connectivity index (χ4n) is 1.06. The largest absolute Gasteiger partial charge is 0.359 e. The highest BCUT2D eigenvalue weighted by molar-refractivity contribution is 7.07. The van der Waals surface area contributed by atoms with Crippen LogP contribution in [0.1, 0.15) is 19.0 Å². The van der Waals surface area contributed by atoms with Crippen molar-refractivity contribution in [1.82, 2.24) is 15.6 Å². The number of carbonyl (C=O) groups is 1. The Labute approximate surface area is 87.7 Å². The first-order chi connectivity index (χ1) is 6.72. The molecule has 1 aromatic rings. The Hall–Kier alpha value is -0.940. The summed E-state index contributed by atoms with van der Waals surface area (Å²) in [5, 5.41) is 7.83. The standard InChI is InChI=1S/C9H15N3OS/c1-7(3-9(13)10-2)11-4-8-5-14-6-12-8/h5-7,11H,3-4H2,1-2H3,(H,10,13). The maximum absolute atomic E-state index is 11.0. The fraction of sp³-hybridized carbons (Fsp3) is 0.556. The fourth-order valence-corrected chi connectivity index (χ4v) is 1.61. The van der Waals surface area contributed by atoms with Crippen molar-refractivity contribution in [2.24, 2.45) is 0 Å². The molecular formula is C9H15N3OS. The van der Waals surface area contributed by atoms with Crippen LogP contribution in [0.5, 0.6) is 0 Å². The van der Waals surface area contributed by atoms with Gasteiger partial charge in [0.1, 0.15) is 0 Å². The van der Waals surface area contributed by atoms with Gasteiger partial charge in [0.05, 0.1) is 11.2 Å². The Balaban J connectivity index is 2.21. The molecule has 2 N–H and O–H groups in total. The number of nitrogens with one attached hydrogen (secondary N) is 2. The summed E-state index contributed by atoms with van der Waals surface area (Å²) in [5.74, 6) is 0.0586. The van der Waals surface area contributed by atoms with Gasteiger partial charge >= 0.3 is 0 Å². The summed E-state index contributed by atoms with van der Waals surface area (Å²) in [7, 11) is 1.65. The predicted octanol–water partition coefficient (Wildman–Crippen LogP) is 0.757. The average Bonchev–Trinajstić information content (AvgIpc) is 2.67. The molecule has 0 saturated carbocycles. The van der Waals surface area contributed by atoms with E-state index in [4.69, 9.17) is 0 Å². The van der Waals surface area contributed by atoms with E-state index < -0.39 is 0 Å². The maximum atomic E-state index is 11.0. The van der Waals surface area contributed by atoms with Gasteiger partial charge in [-0.15, -0.1) is 11.3 Å². The number of carbonyl (C=O) groups excluding carboxylic acids is 1. The zero-order chi connectivity index (χ0) is 10.4. The third-order valence-electron chi connectivity index (χ3n) is 1.89. The van der Waals surface area contributed by atoms with E-state index in [0.717, 1.165) is 12.2 Å². The number of amides is 1. The van der Waals surface area contributed by atoms with Crippen LogP contribution in [-0.4, -0.2) is 24.0 Å². The molecule has 14 heavy (non-hydrogen) atoms. The number of hydrogen-bond donors (Lipinski definition) is 2. The van der Waals surface area contributed by atoms with E-state index in [2.05, 4.69) is 15.6 Å². The van der Waals surface area contributed by atoms with Crippen molar-refractivity contribution in [2.75, 3.05) is 7.05 Å². The summed E-state index contributed by atoms with van der Waals surface area (Å²) in [6, 6.07) is 0.177. The molecule has 5 heteroatoms. The Morgan fingerprint density at radius 2 is 2.50 bits per heavy atom. The summed E-state index contributed by atoms with van der Waals surface area (Å²) >= 11 is 1.58. The van der Waals surface area contributed by atoms with Crippen molar-refractivity contribution in [2.45, 2.75) is 25.9 Å². The van der Waals surface area contributed by atoms with Crippen LogP contribution in [0.4, 0.5) is 0 Å². The van der Waals surface area contributed by atoms with Crippen molar-refractivity contribution in [3.63, 3.8) is 0 Å². The van der Waals surface area contributed by atoms with E-state index in [1.807, 2.05) is 12.3 Å². The van der Waals surface area contributed by atoms with Crippen molar-refractivity contribution in [3.8, 4) is 0 Å². The van der Waals surface area contributed by atoms with Crippen molar-refractivity contribution in [1.29, 1.82) is 0 Å². The van der Waals surface area contributed by atoms with Crippen LogP contribution < -0.4 is 10.6 Å². The highest BCUT2D eigenvalue weighted by Crippen LogP contribution is 2.01. The van der Waals surface area contributed by atoms with E-state index in [0.29, 0.717) is 6.42 Å². The molecule has 0 aromatic carbocycles. The molecule has 78 valence electrons. The molecule has 1 aromatic heterocycles. The van der Waals surface area contributed by atoms with Crippen molar-refractivity contribution in [3.05, 3.63) is 16.6 Å². The molecule has 0 aliphatic carbocycles. The minimum absolute atomic E-state index is 0.0586. The highest BCUT2D eigenvalue weighted by Gasteiger charge is 2.06. The Morgan fingerprint density at radius 3 is 3.07 bits per heavy atom. The molecule has 1 unspecified atom stereocenters. The molecule has 1 amide bonds. The maximum Gasteiger partial charge on any atom is 0.221 e. The quantitative estimate of drug-likeness (QED) is 0.759. The number of thiazole rings is 1. The molecule has 0 radical (unpaired) electrons. The first-order valence-corrected chi connectivity index (χ1v) is 5.47. The Morgan fingerprint density at radius 1 is 1.71 bits per heavy atom. The third-order valence-corrected chi connectivity index (χ3v) is 2.52. The predicted molar refractivity (Wildman–Crippen MR) is 57.1 cm³/mol. The average molecular weight is 213 g/mol. The number of aromatic nitrogens is 1. The molecule has 0 aliphatic heterocycles. The van der Waals surface area contributed by atoms with Crippen LogP contribution >= 0.6 is 11.3 Å². The van der Waals surface area contributed by atoms with Crippen LogP contribution in [-0.2, 0) is 11.3 Å². The zero-order valence-electron chi connectivity index (χ0n) is 8.41. The number of nitrogens with zero attached hydrogens (tertiary/aromatic N) is 1. The molecule has 1 heterocycles. The van der Waals surface area contributed by atoms with Gasteiger partial charge in [-0.05, 0) is 6.92 Å². The second-order valence-electron chi connectivity index (χ2n) is 3.14. The SMILES string of the molecule is CNC(=O)CC(C)NCc1cscn1. The Bertz CT molecular complexity index is 274. The minimum atomic E-state index is 0.0586. The van der Waals surface area contributed by atoms with Crippen molar-refractivity contribution >= 4 is 17.2 Å². The molecule has 0 aliphatic rings. The topological polar surface area (TPSA) is 54.0 Å². The van der Waals surface area contributed by atoms with Gasteiger partial charge in [0, 0.05) is 31.4 Å². The van der Waals surface area contributed by atoms with Gasteiger partial charge in [-0.25, -0.2) is 4.98 Å². The number of rotatable bonds is 5. The van der Waals surface area contributed by atoms with E-state index in [1.165, 1.54) is 0 Å². The van der Waals surface area contributed by atoms with Gasteiger partial charge in [-0.1, -0.05) is 0 Å². The summed E-state index contributed by atoms with van der Waals surface area (Å²) in [6.07, 6.45) is 0.501. The molecule has 0 spiro atoms. The normalized spacial score (nSPS) is 12.4. The van der Waals surface area contributed by atoms with Crippen LogP contribution in [0.25, 0.3) is 0 Å². The molecule has 4 nitrogen and oxygen atoms in total. The van der Waals surface area contributed by atoms with E-state index in [9.17, 15) is 4.79 Å². The zero-order valence-corrected chi connectivity index (χ0v) is 9.23. The van der Waals surface area contributed by atoms with Crippen LogP contribution in [0.15, 0.2) is 10.9 Å². The van der Waals surface area contributed by atoms with Crippen LogP contribution in [0.3, 0.4) is 0 Å². The monoisotopic (exact) mass is 213 g/mol. The number of hydrogen-bond acceptors (Lipinski definition) is 4. The lowest BCUT2D eigenvalue weighted by molar-refractivity contribution is -0.121. The lowest BCUT2D eigenvalue weighted by Gasteiger charge is -2.11. The first-order valence-electron chi connectivity index (χ1n) is 4.53. The third kappa shape index (κ3) is 3.85. The highest BCUT2D eigenvalue weighted by atomic mass is 32.1. The second kappa shape index (κ2) is 5.72. The summed E-state index contributed by atoms with van der Waals surface area (Å²) < 4.78 is 0. The van der Waals surface area contributed by atoms with Gasteiger partial charge in [-0.3, -0.25) is 4.79 Å². The molecule has 0 bridgehead atoms. The molecule has 1 atom stereocenters. The molecule has 1 rings (SSSR count). The van der Waals surface area contributed by atoms with Gasteiger partial charge in [-0.2, -0.15) is 0 Å². The second-order valence-corrected chi connectivity index (χ2v) is 3.86. The van der Waals surface area contributed by atoms with Gasteiger partial charge in [0.25, 0.3) is 0 Å². The smallest absolute Gasteiger partial charge is 0.221 e. The first kappa shape index (κ1) is 11.1. The molecule has 0 fully saturated rings. The lowest BCUT2D eigenvalue weighted by atomic mass is 10.2. The minimum Gasteiger partial charge on any atom is -0.359 e. The lowest BCUT2D eigenvalue weighted by Crippen LogP contribution is -2.32.